The van der Waals surface area contributed by atoms with Gasteiger partial charge in [-0.1, -0.05) is 36.0 Å². The van der Waals surface area contributed by atoms with Crippen molar-refractivity contribution in [3.8, 4) is 36.0 Å². The molecule has 170 valence electrons. The highest BCUT2D eigenvalue weighted by atomic mass is 14.7. The Labute approximate surface area is 211 Å². The standard InChI is InChI=1S/2C12H8N2.C7H5N/c1-3-9-13-11(5-1)7-8-12-6-2-4-10-14-12;1(11-3-7-13-8-4-11)2-12-5-9-14-10-6-12;1-2-7-5-3-4-6-8-7/h1-6,9-10H;3-10H;1,3-6H. The van der Waals surface area contributed by atoms with Gasteiger partial charge in [-0.3, -0.25) is 9.97 Å². The first kappa shape index (κ1) is 25.1. The van der Waals surface area contributed by atoms with E-state index in [9.17, 15) is 0 Å². The van der Waals surface area contributed by atoms with E-state index in [-0.39, 0.29) is 0 Å². The van der Waals surface area contributed by atoms with Crippen molar-refractivity contribution in [2.45, 2.75) is 0 Å². The summed E-state index contributed by atoms with van der Waals surface area (Å²) in [4.78, 5) is 19.9. The fraction of sp³-hybridized carbons (Fsp3) is 0. The molecule has 5 nitrogen and oxygen atoms in total. The van der Waals surface area contributed by atoms with Gasteiger partial charge in [0.25, 0.3) is 0 Å². The molecule has 5 aromatic heterocycles. The second kappa shape index (κ2) is 15.3. The third-order valence-corrected chi connectivity index (χ3v) is 4.17. The van der Waals surface area contributed by atoms with E-state index >= 15 is 0 Å². The molecule has 0 aliphatic heterocycles. The van der Waals surface area contributed by atoms with Gasteiger partial charge >= 0.3 is 0 Å². The second-order valence-electron chi connectivity index (χ2n) is 6.76. The molecule has 0 bridgehead atoms. The molecule has 36 heavy (non-hydrogen) atoms. The summed E-state index contributed by atoms with van der Waals surface area (Å²) in [6.07, 6.45) is 17.1. The first-order valence-electron chi connectivity index (χ1n) is 10.9. The lowest BCUT2D eigenvalue weighted by molar-refractivity contribution is 1.27. The molecule has 5 aromatic rings. The van der Waals surface area contributed by atoms with Gasteiger partial charge in [0, 0.05) is 54.5 Å². The summed E-state index contributed by atoms with van der Waals surface area (Å²) >= 11 is 0. The highest BCUT2D eigenvalue weighted by Crippen LogP contribution is 1.96. The maximum atomic E-state index is 5.04. The molecule has 0 aliphatic rings. The highest BCUT2D eigenvalue weighted by Gasteiger charge is 1.86. The van der Waals surface area contributed by atoms with E-state index in [1.807, 2.05) is 72.8 Å². The van der Waals surface area contributed by atoms with Gasteiger partial charge < -0.3 is 0 Å². The van der Waals surface area contributed by atoms with Gasteiger partial charge in [-0.25, -0.2) is 15.0 Å². The minimum Gasteiger partial charge on any atom is -0.265 e. The van der Waals surface area contributed by atoms with E-state index in [1.54, 1.807) is 49.4 Å². The van der Waals surface area contributed by atoms with Crippen LogP contribution in [0, 0.1) is 36.0 Å². The molecule has 0 fully saturated rings. The van der Waals surface area contributed by atoms with Gasteiger partial charge in [0.15, 0.2) is 0 Å². The predicted molar refractivity (Wildman–Crippen MR) is 141 cm³/mol. The zero-order chi connectivity index (χ0) is 25.1. The van der Waals surface area contributed by atoms with Gasteiger partial charge in [-0.05, 0) is 72.5 Å². The molecule has 0 radical (unpaired) electrons. The molecule has 0 spiro atoms. The Morgan fingerprint density at radius 1 is 0.417 bits per heavy atom. The van der Waals surface area contributed by atoms with Crippen molar-refractivity contribution in [1.29, 1.82) is 0 Å². The Morgan fingerprint density at radius 3 is 1.11 bits per heavy atom. The molecule has 5 rings (SSSR count). The van der Waals surface area contributed by atoms with Crippen molar-refractivity contribution in [3.05, 3.63) is 150 Å². The van der Waals surface area contributed by atoms with Crippen LogP contribution in [0.4, 0.5) is 0 Å². The van der Waals surface area contributed by atoms with E-state index in [4.69, 9.17) is 6.42 Å². The minimum atomic E-state index is 0.688. The van der Waals surface area contributed by atoms with Gasteiger partial charge in [0.2, 0.25) is 0 Å². The lowest BCUT2D eigenvalue weighted by Gasteiger charge is -1.87. The van der Waals surface area contributed by atoms with Crippen LogP contribution in [-0.2, 0) is 0 Å². The molecule has 0 unspecified atom stereocenters. The zero-order valence-corrected chi connectivity index (χ0v) is 19.4. The zero-order valence-electron chi connectivity index (χ0n) is 19.4. The van der Waals surface area contributed by atoms with Crippen LogP contribution in [0.15, 0.2) is 122 Å². The summed E-state index contributed by atoms with van der Waals surface area (Å²) in [6.45, 7) is 0. The summed E-state index contributed by atoms with van der Waals surface area (Å²) in [5, 5.41) is 0. The SMILES string of the molecule is C#Cc1ccccn1.C(#Cc1ccccn1)c1ccccn1.C(#Cc1ccncc1)c1ccncc1. The molecule has 0 aromatic carbocycles. The first-order chi connectivity index (χ1) is 17.8. The fourth-order valence-electron chi connectivity index (χ4n) is 2.46. The van der Waals surface area contributed by atoms with E-state index in [0.29, 0.717) is 5.69 Å². The molecular formula is C31H21N5. The van der Waals surface area contributed by atoms with E-state index < -0.39 is 0 Å². The summed E-state index contributed by atoms with van der Waals surface area (Å²) in [6, 6.07) is 24.3. The Bertz CT molecular complexity index is 1280. The molecule has 5 heterocycles. The van der Waals surface area contributed by atoms with Crippen LogP contribution in [0.3, 0.4) is 0 Å². The highest BCUT2D eigenvalue weighted by molar-refractivity contribution is 5.41. The molecule has 0 aliphatic carbocycles. The van der Waals surface area contributed by atoms with Crippen LogP contribution in [0.25, 0.3) is 0 Å². The lowest BCUT2D eigenvalue weighted by Crippen LogP contribution is -1.81. The summed E-state index contributed by atoms with van der Waals surface area (Å²) < 4.78 is 0. The van der Waals surface area contributed by atoms with Crippen molar-refractivity contribution in [2.75, 3.05) is 0 Å². The van der Waals surface area contributed by atoms with E-state index in [2.05, 4.69) is 54.5 Å². The summed E-state index contributed by atoms with van der Waals surface area (Å²) in [5.41, 5.74) is 4.15. The van der Waals surface area contributed by atoms with Crippen molar-refractivity contribution < 1.29 is 0 Å². The first-order valence-corrected chi connectivity index (χ1v) is 10.9. The van der Waals surface area contributed by atoms with Gasteiger partial charge in [-0.2, -0.15) is 0 Å². The Kier molecular flexibility index (Phi) is 10.7. The number of aromatic nitrogens is 5. The second-order valence-corrected chi connectivity index (χ2v) is 6.76. The van der Waals surface area contributed by atoms with Gasteiger partial charge in [0.05, 0.1) is 0 Å². The monoisotopic (exact) mass is 463 g/mol. The lowest BCUT2D eigenvalue weighted by atomic mass is 10.2. The van der Waals surface area contributed by atoms with Crippen molar-refractivity contribution in [2.24, 2.45) is 0 Å². The fourth-order valence-corrected chi connectivity index (χ4v) is 2.46. The third-order valence-electron chi connectivity index (χ3n) is 4.17. The molecule has 0 N–H and O–H groups in total. The van der Waals surface area contributed by atoms with Crippen LogP contribution in [-0.4, -0.2) is 24.9 Å². The smallest absolute Gasteiger partial charge is 0.113 e. The number of terminal acetylenes is 1. The van der Waals surface area contributed by atoms with E-state index in [1.165, 1.54) is 0 Å². The number of rotatable bonds is 0. The van der Waals surface area contributed by atoms with E-state index in [0.717, 1.165) is 22.5 Å². The van der Waals surface area contributed by atoms with Crippen molar-refractivity contribution in [1.82, 2.24) is 24.9 Å². The van der Waals surface area contributed by atoms with Crippen LogP contribution in [0.5, 0.6) is 0 Å². The molecule has 5 heteroatoms. The van der Waals surface area contributed by atoms with Gasteiger partial charge in [-0.15, -0.1) is 6.42 Å². The Morgan fingerprint density at radius 2 is 0.806 bits per heavy atom. The molecular weight excluding hydrogens is 442 g/mol. The average molecular weight is 464 g/mol. The quantitative estimate of drug-likeness (QED) is 0.308. The number of hydrogen-bond acceptors (Lipinski definition) is 5. The summed E-state index contributed by atoms with van der Waals surface area (Å²) in [5.74, 6) is 14.4. The minimum absolute atomic E-state index is 0.688. The predicted octanol–water partition coefficient (Wildman–Crippen LogP) is 4.82. The van der Waals surface area contributed by atoms with Gasteiger partial charge in [0.1, 0.15) is 17.1 Å². The number of hydrogen-bond donors (Lipinski definition) is 0. The topological polar surface area (TPSA) is 64.5 Å². The molecule has 0 amide bonds. The Balaban J connectivity index is 0.000000157. The summed E-state index contributed by atoms with van der Waals surface area (Å²) in [7, 11) is 0. The van der Waals surface area contributed by atoms with Crippen molar-refractivity contribution in [3.63, 3.8) is 0 Å². The average Bonchev–Trinajstić information content (AvgIpc) is 2.98. The normalized spacial score (nSPS) is 8.64. The molecule has 0 saturated carbocycles. The van der Waals surface area contributed by atoms with Crippen LogP contribution >= 0.6 is 0 Å². The van der Waals surface area contributed by atoms with Crippen LogP contribution < -0.4 is 0 Å². The third kappa shape index (κ3) is 9.92. The number of nitrogens with zero attached hydrogens (tertiary/aromatic N) is 5. The largest absolute Gasteiger partial charge is 0.265 e. The van der Waals surface area contributed by atoms with Crippen molar-refractivity contribution >= 4 is 0 Å². The molecule has 0 saturated heterocycles. The number of pyridine rings is 5. The maximum Gasteiger partial charge on any atom is 0.113 e. The molecule has 0 atom stereocenters. The van der Waals surface area contributed by atoms with Crippen LogP contribution in [0.1, 0.15) is 28.2 Å². The maximum absolute atomic E-state index is 5.04. The Hall–Kier alpha value is -5.57. The van der Waals surface area contributed by atoms with Crippen LogP contribution in [0.2, 0.25) is 0 Å².